The van der Waals surface area contributed by atoms with Gasteiger partial charge in [0.25, 0.3) is 10.0 Å². The van der Waals surface area contributed by atoms with E-state index in [9.17, 15) is 18.0 Å². The van der Waals surface area contributed by atoms with Gasteiger partial charge in [0, 0.05) is 24.0 Å². The highest BCUT2D eigenvalue weighted by Crippen LogP contribution is 2.29. The van der Waals surface area contributed by atoms with E-state index < -0.39 is 28.5 Å². The van der Waals surface area contributed by atoms with Crippen LogP contribution in [0.2, 0.25) is 5.02 Å². The Hall–Kier alpha value is -4.14. The summed E-state index contributed by atoms with van der Waals surface area (Å²) in [5.41, 5.74) is 4.55. The standard InChI is InChI=1S/C36H40ClN3O4S/c1-25(2)38-36(42)34(22-29-10-7-6-8-11-29)39(23-30-12-9-13-31(37)21-30)35(41)24-40(33-19-16-27(4)20-28(33)5)45(43,44)32-17-14-26(3)15-18-32/h6-21,25,34H,22-24H2,1-5H3,(H,38,42)/t34-/m0/s1. The average Bonchev–Trinajstić information content (AvgIpc) is 2.98. The highest BCUT2D eigenvalue weighted by Gasteiger charge is 2.35. The first-order valence-electron chi connectivity index (χ1n) is 14.9. The van der Waals surface area contributed by atoms with Crippen molar-refractivity contribution in [2.75, 3.05) is 10.8 Å². The van der Waals surface area contributed by atoms with Crippen LogP contribution in [0.3, 0.4) is 0 Å². The largest absolute Gasteiger partial charge is 0.352 e. The van der Waals surface area contributed by atoms with Crippen molar-refractivity contribution >= 4 is 39.1 Å². The van der Waals surface area contributed by atoms with Crippen LogP contribution >= 0.6 is 11.6 Å². The van der Waals surface area contributed by atoms with Gasteiger partial charge < -0.3 is 10.2 Å². The molecule has 0 aliphatic heterocycles. The number of carbonyl (C=O) groups excluding carboxylic acids is 2. The van der Waals surface area contributed by atoms with Crippen molar-refractivity contribution in [2.24, 2.45) is 0 Å². The second-order valence-electron chi connectivity index (χ2n) is 11.6. The summed E-state index contributed by atoms with van der Waals surface area (Å²) in [4.78, 5) is 29.9. The van der Waals surface area contributed by atoms with E-state index in [4.69, 9.17) is 11.6 Å². The average molecular weight is 646 g/mol. The molecule has 236 valence electrons. The number of nitrogens with zero attached hydrogens (tertiary/aromatic N) is 2. The normalized spacial score (nSPS) is 12.1. The van der Waals surface area contributed by atoms with Gasteiger partial charge in [-0.2, -0.15) is 0 Å². The van der Waals surface area contributed by atoms with Crippen molar-refractivity contribution < 1.29 is 18.0 Å². The Labute approximate surface area is 271 Å². The molecule has 0 saturated heterocycles. The SMILES string of the molecule is Cc1ccc(S(=O)(=O)N(CC(=O)N(Cc2cccc(Cl)c2)[C@@H](Cc2ccccc2)C(=O)NC(C)C)c2ccc(C)cc2C)cc1. The minimum atomic E-state index is -4.17. The van der Waals surface area contributed by atoms with Crippen LogP contribution in [0.25, 0.3) is 0 Å². The Kier molecular flexibility index (Phi) is 11.1. The summed E-state index contributed by atoms with van der Waals surface area (Å²) >= 11 is 6.31. The van der Waals surface area contributed by atoms with Gasteiger partial charge in [-0.1, -0.05) is 89.5 Å². The lowest BCUT2D eigenvalue weighted by atomic mass is 10.0. The molecule has 7 nitrogen and oxygen atoms in total. The fourth-order valence-electron chi connectivity index (χ4n) is 5.20. The smallest absolute Gasteiger partial charge is 0.264 e. The summed E-state index contributed by atoms with van der Waals surface area (Å²) in [7, 11) is -4.17. The fraction of sp³-hybridized carbons (Fsp3) is 0.278. The number of hydrogen-bond donors (Lipinski definition) is 1. The van der Waals surface area contributed by atoms with Crippen LogP contribution in [-0.4, -0.2) is 43.8 Å². The predicted octanol–water partition coefficient (Wildman–Crippen LogP) is 6.63. The summed E-state index contributed by atoms with van der Waals surface area (Å²) < 4.78 is 29.6. The molecule has 4 aromatic carbocycles. The van der Waals surface area contributed by atoms with Crippen LogP contribution in [0.4, 0.5) is 5.69 Å². The lowest BCUT2D eigenvalue weighted by Gasteiger charge is -2.34. The van der Waals surface area contributed by atoms with E-state index in [1.54, 1.807) is 48.5 Å². The number of nitrogens with one attached hydrogen (secondary N) is 1. The second kappa shape index (κ2) is 14.8. The summed E-state index contributed by atoms with van der Waals surface area (Å²) in [6, 6.07) is 27.4. The molecular formula is C36H40ClN3O4S. The summed E-state index contributed by atoms with van der Waals surface area (Å²) in [6.07, 6.45) is 0.236. The van der Waals surface area contributed by atoms with Crippen molar-refractivity contribution in [3.05, 3.63) is 130 Å². The molecule has 0 fully saturated rings. The Bertz CT molecular complexity index is 1740. The Balaban J connectivity index is 1.83. The van der Waals surface area contributed by atoms with Crippen molar-refractivity contribution in [1.82, 2.24) is 10.2 Å². The number of sulfonamides is 1. The molecule has 0 spiro atoms. The molecule has 0 radical (unpaired) electrons. The molecule has 45 heavy (non-hydrogen) atoms. The maximum absolute atomic E-state index is 14.6. The van der Waals surface area contributed by atoms with Crippen LogP contribution in [-0.2, 0) is 32.6 Å². The van der Waals surface area contributed by atoms with E-state index in [0.717, 1.165) is 21.0 Å². The molecule has 0 heterocycles. The zero-order valence-electron chi connectivity index (χ0n) is 26.3. The summed E-state index contributed by atoms with van der Waals surface area (Å²) in [5.74, 6) is -0.853. The molecule has 4 aromatic rings. The van der Waals surface area contributed by atoms with Crippen molar-refractivity contribution in [3.8, 4) is 0 Å². The van der Waals surface area contributed by atoms with Crippen molar-refractivity contribution in [1.29, 1.82) is 0 Å². The summed E-state index contributed by atoms with van der Waals surface area (Å²) in [6.45, 7) is 8.88. The number of amides is 2. The van der Waals surface area contributed by atoms with Gasteiger partial charge in [-0.25, -0.2) is 8.42 Å². The highest BCUT2D eigenvalue weighted by atomic mass is 35.5. The van der Waals surface area contributed by atoms with Gasteiger partial charge in [0.15, 0.2) is 0 Å². The third-order valence-corrected chi connectivity index (χ3v) is 9.46. The molecule has 0 aromatic heterocycles. The maximum atomic E-state index is 14.6. The Morgan fingerprint density at radius 1 is 0.800 bits per heavy atom. The molecular weight excluding hydrogens is 606 g/mol. The molecule has 1 atom stereocenters. The lowest BCUT2D eigenvalue weighted by Crippen LogP contribution is -2.54. The van der Waals surface area contributed by atoms with Crippen LogP contribution in [0.15, 0.2) is 102 Å². The van der Waals surface area contributed by atoms with E-state index in [-0.39, 0.29) is 29.8 Å². The topological polar surface area (TPSA) is 86.8 Å². The van der Waals surface area contributed by atoms with Gasteiger partial charge in [0.05, 0.1) is 10.6 Å². The lowest BCUT2D eigenvalue weighted by molar-refractivity contribution is -0.140. The van der Waals surface area contributed by atoms with Crippen LogP contribution in [0.5, 0.6) is 0 Å². The third kappa shape index (κ3) is 8.74. The predicted molar refractivity (Wildman–Crippen MR) is 181 cm³/mol. The van der Waals surface area contributed by atoms with Crippen LogP contribution < -0.4 is 9.62 Å². The minimum absolute atomic E-state index is 0.0493. The van der Waals surface area contributed by atoms with Crippen molar-refractivity contribution in [3.63, 3.8) is 0 Å². The Morgan fingerprint density at radius 2 is 1.44 bits per heavy atom. The molecule has 0 unspecified atom stereocenters. The third-order valence-electron chi connectivity index (χ3n) is 7.45. The van der Waals surface area contributed by atoms with Crippen LogP contribution in [0.1, 0.15) is 41.7 Å². The fourth-order valence-corrected chi connectivity index (χ4v) is 6.89. The van der Waals surface area contributed by atoms with E-state index >= 15 is 0 Å². The minimum Gasteiger partial charge on any atom is -0.352 e. The number of carbonyl (C=O) groups is 2. The highest BCUT2D eigenvalue weighted by molar-refractivity contribution is 7.92. The molecule has 1 N–H and O–H groups in total. The van der Waals surface area contributed by atoms with Gasteiger partial charge in [-0.15, -0.1) is 0 Å². The first kappa shape index (κ1) is 33.7. The van der Waals surface area contributed by atoms with E-state index in [2.05, 4.69) is 5.32 Å². The van der Waals surface area contributed by atoms with E-state index in [0.29, 0.717) is 21.8 Å². The monoisotopic (exact) mass is 645 g/mol. The zero-order valence-corrected chi connectivity index (χ0v) is 27.9. The summed E-state index contributed by atoms with van der Waals surface area (Å²) in [5, 5.41) is 3.46. The Morgan fingerprint density at radius 3 is 2.07 bits per heavy atom. The molecule has 0 aliphatic carbocycles. The van der Waals surface area contributed by atoms with Gasteiger partial charge in [0.2, 0.25) is 11.8 Å². The quantitative estimate of drug-likeness (QED) is 0.188. The molecule has 0 aliphatic rings. The second-order valence-corrected chi connectivity index (χ2v) is 13.9. The molecule has 0 saturated carbocycles. The van der Waals surface area contributed by atoms with Gasteiger partial charge in [0.1, 0.15) is 12.6 Å². The molecule has 9 heteroatoms. The number of halogens is 1. The maximum Gasteiger partial charge on any atom is 0.264 e. The number of benzene rings is 4. The van der Waals surface area contributed by atoms with Gasteiger partial charge >= 0.3 is 0 Å². The van der Waals surface area contributed by atoms with Crippen LogP contribution in [0, 0.1) is 20.8 Å². The first-order chi connectivity index (χ1) is 21.3. The molecule has 4 rings (SSSR count). The number of anilines is 1. The van der Waals surface area contributed by atoms with Gasteiger partial charge in [-0.05, 0) is 81.6 Å². The van der Waals surface area contributed by atoms with Gasteiger partial charge in [-0.3, -0.25) is 13.9 Å². The number of aryl methyl sites for hydroxylation is 3. The zero-order chi connectivity index (χ0) is 32.7. The number of rotatable bonds is 12. The number of hydrogen-bond acceptors (Lipinski definition) is 4. The first-order valence-corrected chi connectivity index (χ1v) is 16.7. The molecule has 2 amide bonds. The van der Waals surface area contributed by atoms with E-state index in [1.807, 2.05) is 83.1 Å². The molecule has 0 bridgehead atoms. The van der Waals surface area contributed by atoms with Crippen molar-refractivity contribution in [2.45, 2.75) is 64.6 Å². The van der Waals surface area contributed by atoms with E-state index in [1.165, 1.54) is 4.90 Å².